The zero-order valence-electron chi connectivity index (χ0n) is 11.2. The lowest BCUT2D eigenvalue weighted by Gasteiger charge is -2.16. The summed E-state index contributed by atoms with van der Waals surface area (Å²) >= 11 is 0. The highest BCUT2D eigenvalue weighted by Gasteiger charge is 2.24. The van der Waals surface area contributed by atoms with Gasteiger partial charge in [0.05, 0.1) is 5.56 Å². The van der Waals surface area contributed by atoms with Crippen molar-refractivity contribution >= 4 is 17.6 Å². The molecule has 0 aliphatic carbocycles. The van der Waals surface area contributed by atoms with Crippen LogP contribution in [0.5, 0.6) is 0 Å². The van der Waals surface area contributed by atoms with Gasteiger partial charge in [-0.1, -0.05) is 20.8 Å². The Morgan fingerprint density at radius 1 is 1.32 bits per heavy atom. The van der Waals surface area contributed by atoms with Gasteiger partial charge in [-0.25, -0.2) is 0 Å². The van der Waals surface area contributed by atoms with Crippen LogP contribution in [-0.4, -0.2) is 21.7 Å². The monoisotopic (exact) mass is 265 g/mol. The lowest BCUT2D eigenvalue weighted by atomic mass is 9.95. The fourth-order valence-corrected chi connectivity index (χ4v) is 1.24. The molecule has 0 unspecified atom stereocenters. The van der Waals surface area contributed by atoms with Gasteiger partial charge in [0.2, 0.25) is 5.91 Å². The van der Waals surface area contributed by atoms with Crippen LogP contribution in [-0.2, 0) is 4.79 Å². The molecule has 0 aromatic carbocycles. The van der Waals surface area contributed by atoms with Crippen LogP contribution >= 0.6 is 0 Å². The van der Waals surface area contributed by atoms with Crippen molar-refractivity contribution in [2.75, 3.05) is 0 Å². The topological polar surface area (TPSA) is 102 Å². The quantitative estimate of drug-likeness (QED) is 0.646. The van der Waals surface area contributed by atoms with E-state index in [2.05, 4.69) is 10.3 Å². The van der Waals surface area contributed by atoms with E-state index in [-0.39, 0.29) is 5.56 Å². The van der Waals surface area contributed by atoms with E-state index in [1.54, 1.807) is 20.8 Å². The van der Waals surface area contributed by atoms with E-state index >= 15 is 0 Å². The first-order chi connectivity index (χ1) is 8.61. The molecule has 0 atom stereocenters. The van der Waals surface area contributed by atoms with Crippen LogP contribution < -0.4 is 5.32 Å². The van der Waals surface area contributed by atoms with Gasteiger partial charge in [0.15, 0.2) is 5.69 Å². The number of rotatable bonds is 2. The van der Waals surface area contributed by atoms with Gasteiger partial charge in [0.25, 0.3) is 5.91 Å². The summed E-state index contributed by atoms with van der Waals surface area (Å²) in [7, 11) is 0. The highest BCUT2D eigenvalue weighted by atomic mass is 16.6. The number of aryl methyl sites for hydroxylation is 1. The fraction of sp³-hybridized carbons (Fsp3) is 0.417. The van der Waals surface area contributed by atoms with Gasteiger partial charge in [0.1, 0.15) is 0 Å². The zero-order valence-corrected chi connectivity index (χ0v) is 11.2. The molecule has 1 aromatic heterocycles. The summed E-state index contributed by atoms with van der Waals surface area (Å²) in [5.41, 5.74) is -0.344. The number of hydrogen-bond acceptors (Lipinski definition) is 5. The van der Waals surface area contributed by atoms with Crippen molar-refractivity contribution in [1.82, 2.24) is 10.3 Å². The average molecular weight is 265 g/mol. The molecular formula is C12H15N3O4. The maximum absolute atomic E-state index is 11.8. The van der Waals surface area contributed by atoms with Crippen LogP contribution in [0.15, 0.2) is 12.1 Å². The zero-order chi connectivity index (χ0) is 14.8. The predicted octanol–water partition coefficient (Wildman–Crippen LogP) is 1.60. The Morgan fingerprint density at radius 3 is 2.37 bits per heavy atom. The van der Waals surface area contributed by atoms with E-state index in [1.807, 2.05) is 0 Å². The van der Waals surface area contributed by atoms with Crippen LogP contribution in [0.25, 0.3) is 0 Å². The number of nitrogens with one attached hydrogen (secondary N) is 1. The first-order valence-corrected chi connectivity index (χ1v) is 5.60. The summed E-state index contributed by atoms with van der Waals surface area (Å²) < 4.78 is 0. The van der Waals surface area contributed by atoms with Crippen LogP contribution in [0.2, 0.25) is 0 Å². The first-order valence-electron chi connectivity index (χ1n) is 5.60. The van der Waals surface area contributed by atoms with Crippen molar-refractivity contribution in [3.8, 4) is 0 Å². The molecule has 0 radical (unpaired) electrons. The lowest BCUT2D eigenvalue weighted by molar-refractivity contribution is -0.389. The van der Waals surface area contributed by atoms with Gasteiger partial charge in [0, 0.05) is 18.4 Å². The van der Waals surface area contributed by atoms with E-state index in [0.717, 1.165) is 6.07 Å². The lowest BCUT2D eigenvalue weighted by Crippen LogP contribution is -2.39. The Labute approximate surface area is 110 Å². The van der Waals surface area contributed by atoms with Gasteiger partial charge in [-0.15, -0.1) is 0 Å². The number of amides is 2. The molecule has 0 saturated heterocycles. The smallest absolute Gasteiger partial charge is 0.358 e. The maximum atomic E-state index is 11.8. The van der Waals surface area contributed by atoms with E-state index < -0.39 is 28.0 Å². The number of hydrogen-bond donors (Lipinski definition) is 1. The third-order valence-electron chi connectivity index (χ3n) is 2.30. The summed E-state index contributed by atoms with van der Waals surface area (Å²) in [5.74, 6) is -1.54. The molecule has 7 nitrogen and oxygen atoms in total. The molecule has 1 heterocycles. The van der Waals surface area contributed by atoms with Crippen molar-refractivity contribution in [1.29, 1.82) is 0 Å². The van der Waals surface area contributed by atoms with E-state index in [9.17, 15) is 19.7 Å². The number of nitrogens with zero attached hydrogens (tertiary/aromatic N) is 2. The van der Waals surface area contributed by atoms with Gasteiger partial charge in [-0.05, 0) is 16.0 Å². The summed E-state index contributed by atoms with van der Waals surface area (Å²) in [6, 6.07) is 2.43. The molecule has 0 saturated carbocycles. The minimum absolute atomic E-state index is 0.0387. The molecule has 0 spiro atoms. The van der Waals surface area contributed by atoms with Crippen LogP contribution in [0.4, 0.5) is 5.82 Å². The molecule has 0 aliphatic rings. The molecule has 1 N–H and O–H groups in total. The highest BCUT2D eigenvalue weighted by molar-refractivity contribution is 6.06. The molecule has 0 fully saturated rings. The van der Waals surface area contributed by atoms with E-state index in [4.69, 9.17) is 0 Å². The van der Waals surface area contributed by atoms with Crippen LogP contribution in [0.1, 0.15) is 36.8 Å². The summed E-state index contributed by atoms with van der Waals surface area (Å²) in [6.45, 7) is 6.52. The fourth-order valence-electron chi connectivity index (χ4n) is 1.24. The number of nitro groups is 1. The maximum Gasteiger partial charge on any atom is 0.364 e. The molecular weight excluding hydrogens is 250 g/mol. The van der Waals surface area contributed by atoms with Gasteiger partial charge >= 0.3 is 5.82 Å². The Balaban J connectivity index is 3.01. The third kappa shape index (κ3) is 3.84. The van der Waals surface area contributed by atoms with Crippen molar-refractivity contribution in [3.63, 3.8) is 0 Å². The average Bonchev–Trinajstić information content (AvgIpc) is 2.26. The first kappa shape index (κ1) is 14.7. The molecule has 1 rings (SSSR count). The van der Waals surface area contributed by atoms with E-state index in [0.29, 0.717) is 5.69 Å². The van der Waals surface area contributed by atoms with Crippen LogP contribution in [0, 0.1) is 22.5 Å². The third-order valence-corrected chi connectivity index (χ3v) is 2.30. The molecule has 7 heteroatoms. The molecule has 2 amide bonds. The van der Waals surface area contributed by atoms with Gasteiger partial charge in [-0.3, -0.25) is 14.9 Å². The van der Waals surface area contributed by atoms with Crippen molar-refractivity contribution in [3.05, 3.63) is 33.5 Å². The number of carbonyl (C=O) groups is 2. The van der Waals surface area contributed by atoms with Crippen LogP contribution in [0.3, 0.4) is 0 Å². The largest absolute Gasteiger partial charge is 0.364 e. The van der Waals surface area contributed by atoms with Crippen molar-refractivity contribution in [2.24, 2.45) is 5.41 Å². The van der Waals surface area contributed by atoms with Crippen molar-refractivity contribution < 1.29 is 14.5 Å². The standard InChI is InChI=1S/C12H15N3O4/c1-7-5-8(6-9(13-7)15(18)19)10(16)14-11(17)12(2,3)4/h5-6H,1-4H3,(H,14,16,17). The normalized spacial score (nSPS) is 10.9. The number of aromatic nitrogens is 1. The minimum Gasteiger partial charge on any atom is -0.358 e. The van der Waals surface area contributed by atoms with Gasteiger partial charge in [-0.2, -0.15) is 0 Å². The Morgan fingerprint density at radius 2 is 1.89 bits per heavy atom. The number of imide groups is 1. The Kier molecular flexibility index (Phi) is 3.98. The molecule has 0 aliphatic heterocycles. The van der Waals surface area contributed by atoms with Crippen molar-refractivity contribution in [2.45, 2.75) is 27.7 Å². The molecule has 102 valence electrons. The molecule has 1 aromatic rings. The Hall–Kier alpha value is -2.31. The highest BCUT2D eigenvalue weighted by Crippen LogP contribution is 2.15. The summed E-state index contributed by atoms with van der Waals surface area (Å²) in [5, 5.41) is 12.9. The SMILES string of the molecule is Cc1cc(C(=O)NC(=O)C(C)(C)C)cc([N+](=O)[O-])n1. The molecule has 19 heavy (non-hydrogen) atoms. The van der Waals surface area contributed by atoms with Gasteiger partial charge < -0.3 is 10.1 Å². The summed E-state index contributed by atoms with van der Waals surface area (Å²) in [6.07, 6.45) is 0. The molecule has 0 bridgehead atoms. The second-order valence-corrected chi connectivity index (χ2v) is 5.15. The second kappa shape index (κ2) is 5.13. The number of pyridine rings is 1. The Bertz CT molecular complexity index is 546. The second-order valence-electron chi connectivity index (χ2n) is 5.15. The van der Waals surface area contributed by atoms with E-state index in [1.165, 1.54) is 13.0 Å². The summed E-state index contributed by atoms with van der Waals surface area (Å²) in [4.78, 5) is 37.2. The predicted molar refractivity (Wildman–Crippen MR) is 67.6 cm³/mol. The minimum atomic E-state index is -0.719. The number of carbonyl (C=O) groups excluding carboxylic acids is 2.